The molecule has 1 heterocycles. The van der Waals surface area contributed by atoms with Crippen LogP contribution in [0, 0.1) is 17.0 Å². The Balaban J connectivity index is 3.19. The van der Waals surface area contributed by atoms with Crippen LogP contribution < -0.4 is 0 Å². The Morgan fingerprint density at radius 2 is 2.19 bits per heavy atom. The van der Waals surface area contributed by atoms with E-state index in [1.165, 1.54) is 6.07 Å². The van der Waals surface area contributed by atoms with E-state index in [1.807, 2.05) is 6.92 Å². The van der Waals surface area contributed by atoms with Gasteiger partial charge in [0, 0.05) is 17.7 Å². The fourth-order valence-electron chi connectivity index (χ4n) is 1.59. The molecule has 2 atom stereocenters. The first kappa shape index (κ1) is 12.6. The van der Waals surface area contributed by atoms with Crippen molar-refractivity contribution in [3.05, 3.63) is 33.6 Å². The summed E-state index contributed by atoms with van der Waals surface area (Å²) in [5, 5.41) is 20.5. The van der Waals surface area contributed by atoms with Gasteiger partial charge in [-0.05, 0) is 19.4 Å². The standard InChI is InChI=1S/C11H16N2O3/c1-4-10(14)8(3)11-9(13(15)16)6-5-7(2)12-11/h5-6,8,10,14H,4H2,1-3H3. The SMILES string of the molecule is CCC(O)C(C)c1nc(C)ccc1[N+](=O)[O-]. The molecule has 0 radical (unpaired) electrons. The zero-order valence-electron chi connectivity index (χ0n) is 9.67. The van der Waals surface area contributed by atoms with Crippen molar-refractivity contribution in [3.8, 4) is 0 Å². The number of nitro groups is 1. The van der Waals surface area contributed by atoms with Crippen LogP contribution in [0.3, 0.4) is 0 Å². The number of rotatable bonds is 4. The van der Waals surface area contributed by atoms with Crippen LogP contribution in [0.2, 0.25) is 0 Å². The number of aromatic nitrogens is 1. The highest BCUT2D eigenvalue weighted by molar-refractivity contribution is 5.38. The van der Waals surface area contributed by atoms with Crippen molar-refractivity contribution in [3.63, 3.8) is 0 Å². The molecule has 0 aliphatic carbocycles. The maximum Gasteiger partial charge on any atom is 0.291 e. The minimum Gasteiger partial charge on any atom is -0.392 e. The van der Waals surface area contributed by atoms with Gasteiger partial charge < -0.3 is 5.11 Å². The number of aliphatic hydroxyl groups is 1. The fraction of sp³-hybridized carbons (Fsp3) is 0.545. The van der Waals surface area contributed by atoms with E-state index in [-0.39, 0.29) is 11.6 Å². The van der Waals surface area contributed by atoms with Crippen LogP contribution in [-0.4, -0.2) is 21.1 Å². The Bertz CT molecular complexity index is 393. The predicted molar refractivity (Wildman–Crippen MR) is 60.3 cm³/mol. The molecule has 0 fully saturated rings. The molecule has 0 spiro atoms. The van der Waals surface area contributed by atoms with Gasteiger partial charge in [-0.2, -0.15) is 0 Å². The third kappa shape index (κ3) is 2.55. The molecule has 1 N–H and O–H groups in total. The number of hydrogen-bond donors (Lipinski definition) is 1. The van der Waals surface area contributed by atoms with Crippen LogP contribution in [0.15, 0.2) is 12.1 Å². The molecule has 1 rings (SSSR count). The van der Waals surface area contributed by atoms with E-state index in [0.717, 1.165) is 5.69 Å². The van der Waals surface area contributed by atoms with Crippen molar-refractivity contribution < 1.29 is 10.0 Å². The lowest BCUT2D eigenvalue weighted by Gasteiger charge is -2.16. The van der Waals surface area contributed by atoms with Crippen LogP contribution in [0.4, 0.5) is 5.69 Å². The van der Waals surface area contributed by atoms with Gasteiger partial charge in [0.15, 0.2) is 0 Å². The topological polar surface area (TPSA) is 76.3 Å². The molecular formula is C11H16N2O3. The number of aliphatic hydroxyl groups excluding tert-OH is 1. The maximum absolute atomic E-state index is 10.8. The monoisotopic (exact) mass is 224 g/mol. The fourth-order valence-corrected chi connectivity index (χ4v) is 1.59. The summed E-state index contributed by atoms with van der Waals surface area (Å²) in [7, 11) is 0. The lowest BCUT2D eigenvalue weighted by molar-refractivity contribution is -0.386. The van der Waals surface area contributed by atoms with E-state index in [1.54, 1.807) is 19.9 Å². The molecule has 0 saturated heterocycles. The Labute approximate surface area is 94.3 Å². The van der Waals surface area contributed by atoms with Crippen molar-refractivity contribution in [1.29, 1.82) is 0 Å². The number of nitrogens with zero attached hydrogens (tertiary/aromatic N) is 2. The van der Waals surface area contributed by atoms with Crippen LogP contribution in [-0.2, 0) is 0 Å². The molecule has 0 aromatic carbocycles. The molecule has 5 nitrogen and oxygen atoms in total. The summed E-state index contributed by atoms with van der Waals surface area (Å²) in [5.41, 5.74) is 1.06. The van der Waals surface area contributed by atoms with Gasteiger partial charge in [-0.25, -0.2) is 0 Å². The molecule has 0 aliphatic heterocycles. The number of hydrogen-bond acceptors (Lipinski definition) is 4. The van der Waals surface area contributed by atoms with Gasteiger partial charge in [-0.3, -0.25) is 15.1 Å². The largest absolute Gasteiger partial charge is 0.392 e. The first-order valence-electron chi connectivity index (χ1n) is 5.27. The van der Waals surface area contributed by atoms with Gasteiger partial charge >= 0.3 is 0 Å². The van der Waals surface area contributed by atoms with Gasteiger partial charge in [0.2, 0.25) is 0 Å². The second kappa shape index (κ2) is 5.03. The van der Waals surface area contributed by atoms with Crippen molar-refractivity contribution >= 4 is 5.69 Å². The van der Waals surface area contributed by atoms with Crippen molar-refractivity contribution in [1.82, 2.24) is 4.98 Å². The number of pyridine rings is 1. The first-order chi connectivity index (χ1) is 7.47. The molecular weight excluding hydrogens is 208 g/mol. The Morgan fingerprint density at radius 1 is 1.56 bits per heavy atom. The van der Waals surface area contributed by atoms with Crippen LogP contribution in [0.5, 0.6) is 0 Å². The summed E-state index contributed by atoms with van der Waals surface area (Å²) in [6.45, 7) is 5.37. The van der Waals surface area contributed by atoms with E-state index in [0.29, 0.717) is 12.1 Å². The van der Waals surface area contributed by atoms with Gasteiger partial charge in [0.1, 0.15) is 5.69 Å². The van der Waals surface area contributed by atoms with Crippen molar-refractivity contribution in [2.45, 2.75) is 39.2 Å². The minimum atomic E-state index is -0.604. The molecule has 1 aromatic rings. The van der Waals surface area contributed by atoms with E-state index in [2.05, 4.69) is 4.98 Å². The smallest absolute Gasteiger partial charge is 0.291 e. The molecule has 0 amide bonds. The maximum atomic E-state index is 10.8. The molecule has 2 unspecified atom stereocenters. The first-order valence-corrected chi connectivity index (χ1v) is 5.27. The highest BCUT2D eigenvalue weighted by Crippen LogP contribution is 2.28. The Kier molecular flexibility index (Phi) is 3.95. The quantitative estimate of drug-likeness (QED) is 0.628. The average molecular weight is 224 g/mol. The minimum absolute atomic E-state index is 0.0226. The van der Waals surface area contributed by atoms with Crippen LogP contribution in [0.1, 0.15) is 37.6 Å². The van der Waals surface area contributed by atoms with Gasteiger partial charge in [-0.15, -0.1) is 0 Å². The van der Waals surface area contributed by atoms with E-state index in [4.69, 9.17) is 0 Å². The molecule has 0 bridgehead atoms. The Morgan fingerprint density at radius 3 is 2.69 bits per heavy atom. The molecule has 0 aliphatic rings. The third-order valence-corrected chi connectivity index (χ3v) is 2.67. The highest BCUT2D eigenvalue weighted by Gasteiger charge is 2.25. The highest BCUT2D eigenvalue weighted by atomic mass is 16.6. The van der Waals surface area contributed by atoms with Gasteiger partial charge in [0.25, 0.3) is 5.69 Å². The predicted octanol–water partition coefficient (Wildman–Crippen LogP) is 2.17. The summed E-state index contributed by atoms with van der Waals surface area (Å²) in [4.78, 5) is 14.5. The van der Waals surface area contributed by atoms with Crippen LogP contribution in [0.25, 0.3) is 0 Å². The number of aryl methyl sites for hydroxylation is 1. The zero-order valence-corrected chi connectivity index (χ0v) is 9.67. The third-order valence-electron chi connectivity index (χ3n) is 2.67. The summed E-state index contributed by atoms with van der Waals surface area (Å²) in [6.07, 6.45) is -0.0542. The van der Waals surface area contributed by atoms with E-state index in [9.17, 15) is 15.2 Å². The van der Waals surface area contributed by atoms with E-state index >= 15 is 0 Å². The second-order valence-electron chi connectivity index (χ2n) is 3.88. The van der Waals surface area contributed by atoms with E-state index < -0.39 is 11.0 Å². The molecule has 88 valence electrons. The summed E-state index contributed by atoms with van der Waals surface area (Å²) >= 11 is 0. The summed E-state index contributed by atoms with van der Waals surface area (Å²) in [5.74, 6) is -0.328. The summed E-state index contributed by atoms with van der Waals surface area (Å²) in [6, 6.07) is 3.04. The van der Waals surface area contributed by atoms with Gasteiger partial charge in [-0.1, -0.05) is 13.8 Å². The molecule has 1 aromatic heterocycles. The molecule has 0 saturated carbocycles. The Hall–Kier alpha value is -1.49. The lowest BCUT2D eigenvalue weighted by atomic mass is 9.97. The van der Waals surface area contributed by atoms with Crippen molar-refractivity contribution in [2.24, 2.45) is 0 Å². The lowest BCUT2D eigenvalue weighted by Crippen LogP contribution is -2.17. The van der Waals surface area contributed by atoms with Gasteiger partial charge in [0.05, 0.1) is 11.0 Å². The molecule has 5 heteroatoms. The molecule has 16 heavy (non-hydrogen) atoms. The van der Waals surface area contributed by atoms with Crippen molar-refractivity contribution in [2.75, 3.05) is 0 Å². The zero-order chi connectivity index (χ0) is 12.3. The normalized spacial score (nSPS) is 14.5. The second-order valence-corrected chi connectivity index (χ2v) is 3.88. The average Bonchev–Trinajstić information content (AvgIpc) is 2.26. The van der Waals surface area contributed by atoms with Crippen LogP contribution >= 0.6 is 0 Å². The summed E-state index contributed by atoms with van der Waals surface area (Å²) < 4.78 is 0.